The number of thiophene rings is 1. The maximum absolute atomic E-state index is 5.02. The molecular weight excluding hydrogens is 282 g/mol. The van der Waals surface area contributed by atoms with Crippen molar-refractivity contribution in [3.63, 3.8) is 0 Å². The molecule has 2 aromatic rings. The van der Waals surface area contributed by atoms with Crippen molar-refractivity contribution in [1.82, 2.24) is 15.3 Å². The van der Waals surface area contributed by atoms with Crippen LogP contribution in [0.2, 0.25) is 0 Å². The average Bonchev–Trinajstić information content (AvgIpc) is 2.87. The minimum absolute atomic E-state index is 0.741. The van der Waals surface area contributed by atoms with Crippen LogP contribution in [0.4, 0.5) is 0 Å². The Bertz CT molecular complexity index is 572. The van der Waals surface area contributed by atoms with Gasteiger partial charge in [0.1, 0.15) is 0 Å². The fraction of sp³-hybridized carbons (Fsp3) is 0.500. The van der Waals surface area contributed by atoms with E-state index < -0.39 is 0 Å². The van der Waals surface area contributed by atoms with E-state index in [1.807, 2.05) is 0 Å². The summed E-state index contributed by atoms with van der Waals surface area (Å²) in [5.41, 5.74) is 5.80. The van der Waals surface area contributed by atoms with Gasteiger partial charge in [0.15, 0.2) is 5.82 Å². The minimum atomic E-state index is 0.741. The van der Waals surface area contributed by atoms with Crippen molar-refractivity contribution < 1.29 is 4.74 Å². The van der Waals surface area contributed by atoms with Crippen molar-refractivity contribution in [1.29, 1.82) is 0 Å². The standard InChI is InChI=1S/C16H23N3OS/c1-11-9-21-10-15(11)16-18-12(2)14(13(3)19-16)5-6-17-7-8-20-4/h9-10,17H,5-8H2,1-4H3. The molecule has 1 N–H and O–H groups in total. The number of hydrogen-bond acceptors (Lipinski definition) is 5. The van der Waals surface area contributed by atoms with Gasteiger partial charge in [-0.05, 0) is 50.2 Å². The van der Waals surface area contributed by atoms with Gasteiger partial charge in [0, 0.05) is 36.0 Å². The van der Waals surface area contributed by atoms with Gasteiger partial charge in [-0.15, -0.1) is 0 Å². The van der Waals surface area contributed by atoms with E-state index in [0.717, 1.165) is 48.9 Å². The van der Waals surface area contributed by atoms with Crippen LogP contribution in [0.15, 0.2) is 10.8 Å². The van der Waals surface area contributed by atoms with Gasteiger partial charge < -0.3 is 10.1 Å². The zero-order valence-corrected chi connectivity index (χ0v) is 14.0. The number of aryl methyl sites for hydroxylation is 3. The first kappa shape index (κ1) is 16.1. The van der Waals surface area contributed by atoms with E-state index >= 15 is 0 Å². The van der Waals surface area contributed by atoms with Crippen molar-refractivity contribution in [3.05, 3.63) is 33.3 Å². The lowest BCUT2D eigenvalue weighted by Crippen LogP contribution is -2.22. The SMILES string of the molecule is COCCNCCc1c(C)nc(-c2cscc2C)nc1C. The molecule has 0 spiro atoms. The third kappa shape index (κ3) is 4.09. The molecule has 0 aliphatic rings. The van der Waals surface area contributed by atoms with E-state index in [0.29, 0.717) is 0 Å². The molecule has 0 aromatic carbocycles. The van der Waals surface area contributed by atoms with Gasteiger partial charge in [-0.3, -0.25) is 0 Å². The molecule has 21 heavy (non-hydrogen) atoms. The number of methoxy groups -OCH3 is 1. The van der Waals surface area contributed by atoms with Crippen molar-refractivity contribution in [2.45, 2.75) is 27.2 Å². The fourth-order valence-electron chi connectivity index (χ4n) is 2.32. The summed E-state index contributed by atoms with van der Waals surface area (Å²) in [4.78, 5) is 9.39. The Morgan fingerprint density at radius 3 is 2.38 bits per heavy atom. The molecule has 0 fully saturated rings. The van der Waals surface area contributed by atoms with Crippen molar-refractivity contribution >= 4 is 11.3 Å². The van der Waals surface area contributed by atoms with Crippen LogP contribution in [-0.4, -0.2) is 36.8 Å². The lowest BCUT2D eigenvalue weighted by atomic mass is 10.1. The second kappa shape index (κ2) is 7.64. The number of nitrogens with zero attached hydrogens (tertiary/aromatic N) is 2. The zero-order valence-electron chi connectivity index (χ0n) is 13.2. The summed E-state index contributed by atoms with van der Waals surface area (Å²) >= 11 is 1.70. The summed E-state index contributed by atoms with van der Waals surface area (Å²) < 4.78 is 5.02. The summed E-state index contributed by atoms with van der Waals surface area (Å²) in [6.07, 6.45) is 0.949. The van der Waals surface area contributed by atoms with E-state index in [2.05, 4.69) is 36.8 Å². The van der Waals surface area contributed by atoms with Gasteiger partial charge in [0.25, 0.3) is 0 Å². The molecule has 0 aliphatic carbocycles. The van der Waals surface area contributed by atoms with Crippen LogP contribution in [0, 0.1) is 20.8 Å². The van der Waals surface area contributed by atoms with Crippen molar-refractivity contribution in [2.75, 3.05) is 26.8 Å². The Labute approximate surface area is 130 Å². The molecule has 0 atom stereocenters. The molecule has 2 heterocycles. The third-order valence-electron chi connectivity index (χ3n) is 3.55. The Kier molecular flexibility index (Phi) is 5.85. The molecule has 0 unspecified atom stereocenters. The normalized spacial score (nSPS) is 11.0. The molecule has 0 aliphatic heterocycles. The topological polar surface area (TPSA) is 47.0 Å². The highest BCUT2D eigenvalue weighted by molar-refractivity contribution is 7.08. The van der Waals surface area contributed by atoms with E-state index in [4.69, 9.17) is 14.7 Å². The quantitative estimate of drug-likeness (QED) is 0.799. The molecule has 0 bridgehead atoms. The number of ether oxygens (including phenoxy) is 1. The molecular formula is C16H23N3OS. The first-order valence-corrected chi connectivity index (χ1v) is 8.14. The molecule has 0 saturated heterocycles. The molecule has 0 radical (unpaired) electrons. The lowest BCUT2D eigenvalue weighted by molar-refractivity contribution is 0.199. The highest BCUT2D eigenvalue weighted by Gasteiger charge is 2.11. The molecule has 2 aromatic heterocycles. The van der Waals surface area contributed by atoms with Crippen LogP contribution in [-0.2, 0) is 11.2 Å². The van der Waals surface area contributed by atoms with Crippen LogP contribution in [0.1, 0.15) is 22.5 Å². The van der Waals surface area contributed by atoms with Crippen LogP contribution in [0.3, 0.4) is 0 Å². The summed E-state index contributed by atoms with van der Waals surface area (Å²) in [5.74, 6) is 0.847. The third-order valence-corrected chi connectivity index (χ3v) is 4.41. The Balaban J connectivity index is 2.09. The van der Waals surface area contributed by atoms with E-state index in [1.165, 1.54) is 11.1 Å². The maximum Gasteiger partial charge on any atom is 0.160 e. The zero-order chi connectivity index (χ0) is 15.2. The second-order valence-electron chi connectivity index (χ2n) is 5.16. The van der Waals surface area contributed by atoms with E-state index in [-0.39, 0.29) is 0 Å². The molecule has 114 valence electrons. The van der Waals surface area contributed by atoms with Gasteiger partial charge in [0.2, 0.25) is 0 Å². The van der Waals surface area contributed by atoms with Gasteiger partial charge >= 0.3 is 0 Å². The van der Waals surface area contributed by atoms with Gasteiger partial charge in [0.05, 0.1) is 6.61 Å². The van der Waals surface area contributed by atoms with Gasteiger partial charge in [-0.1, -0.05) is 0 Å². The fourth-order valence-corrected chi connectivity index (χ4v) is 3.15. The predicted molar refractivity (Wildman–Crippen MR) is 88.0 cm³/mol. The van der Waals surface area contributed by atoms with Crippen LogP contribution >= 0.6 is 11.3 Å². The van der Waals surface area contributed by atoms with Crippen LogP contribution in [0.5, 0.6) is 0 Å². The van der Waals surface area contributed by atoms with Crippen LogP contribution in [0.25, 0.3) is 11.4 Å². The predicted octanol–water partition coefficient (Wildman–Crippen LogP) is 2.91. The van der Waals surface area contributed by atoms with E-state index in [9.17, 15) is 0 Å². The van der Waals surface area contributed by atoms with Gasteiger partial charge in [-0.25, -0.2) is 9.97 Å². The molecule has 5 heteroatoms. The summed E-state index contributed by atoms with van der Waals surface area (Å²) in [7, 11) is 1.72. The summed E-state index contributed by atoms with van der Waals surface area (Å²) in [6, 6.07) is 0. The second-order valence-corrected chi connectivity index (χ2v) is 5.90. The Morgan fingerprint density at radius 2 is 1.81 bits per heavy atom. The summed E-state index contributed by atoms with van der Waals surface area (Å²) in [5, 5.41) is 7.62. The highest BCUT2D eigenvalue weighted by Crippen LogP contribution is 2.25. The van der Waals surface area contributed by atoms with Crippen molar-refractivity contribution in [2.24, 2.45) is 0 Å². The maximum atomic E-state index is 5.02. The molecule has 0 saturated carbocycles. The summed E-state index contributed by atoms with van der Waals surface area (Å²) in [6.45, 7) is 8.79. The highest BCUT2D eigenvalue weighted by atomic mass is 32.1. The van der Waals surface area contributed by atoms with Gasteiger partial charge in [-0.2, -0.15) is 11.3 Å². The Morgan fingerprint density at radius 1 is 1.10 bits per heavy atom. The lowest BCUT2D eigenvalue weighted by Gasteiger charge is -2.11. The minimum Gasteiger partial charge on any atom is -0.383 e. The van der Waals surface area contributed by atoms with Crippen LogP contribution < -0.4 is 5.32 Å². The number of aromatic nitrogens is 2. The number of nitrogens with one attached hydrogen (secondary N) is 1. The molecule has 2 rings (SSSR count). The molecule has 0 amide bonds. The van der Waals surface area contributed by atoms with E-state index in [1.54, 1.807) is 18.4 Å². The number of hydrogen-bond donors (Lipinski definition) is 1. The Hall–Kier alpha value is -1.30. The largest absolute Gasteiger partial charge is 0.383 e. The average molecular weight is 305 g/mol. The van der Waals surface area contributed by atoms with Crippen molar-refractivity contribution in [3.8, 4) is 11.4 Å². The first-order chi connectivity index (χ1) is 10.1. The monoisotopic (exact) mass is 305 g/mol. The smallest absolute Gasteiger partial charge is 0.160 e. The first-order valence-electron chi connectivity index (χ1n) is 7.20. The number of rotatable bonds is 7. The molecule has 4 nitrogen and oxygen atoms in total.